The molecule has 1 radical (unpaired) electrons. The fourth-order valence-corrected chi connectivity index (χ4v) is 4.81. The molecule has 2 aromatic heterocycles. The molecule has 0 aliphatic heterocycles. The summed E-state index contributed by atoms with van der Waals surface area (Å²) in [4.78, 5) is 32.5. The maximum absolute atomic E-state index is 14.4. The average molecular weight is 582 g/mol. The molecule has 0 aliphatic rings. The van der Waals surface area contributed by atoms with Crippen molar-refractivity contribution in [1.29, 1.82) is 0 Å². The first-order chi connectivity index (χ1) is 19.4. The van der Waals surface area contributed by atoms with Gasteiger partial charge < -0.3 is 0 Å². The van der Waals surface area contributed by atoms with E-state index in [0.717, 1.165) is 29.5 Å². The Hall–Kier alpha value is -3.02. The number of hydrogen-bond acceptors (Lipinski definition) is 5. The summed E-state index contributed by atoms with van der Waals surface area (Å²) in [6, 6.07) is 18.9. The van der Waals surface area contributed by atoms with E-state index in [1.54, 1.807) is 6.92 Å². The van der Waals surface area contributed by atoms with E-state index in [9.17, 15) is 18.4 Å². The second kappa shape index (κ2) is 13.8. The van der Waals surface area contributed by atoms with Gasteiger partial charge in [0.05, 0.1) is 12.2 Å². The zero-order chi connectivity index (χ0) is 28.2. The van der Waals surface area contributed by atoms with Crippen molar-refractivity contribution in [2.45, 2.75) is 46.1 Å². The molecule has 5 rings (SSSR count). The molecule has 7 nitrogen and oxygen atoms in total. The van der Waals surface area contributed by atoms with E-state index < -0.39 is 17.4 Å². The molecule has 0 unspecified atom stereocenters. The molecule has 41 heavy (non-hydrogen) atoms. The Morgan fingerprint density at radius 1 is 0.902 bits per heavy atom. The van der Waals surface area contributed by atoms with Crippen LogP contribution >= 0.6 is 0 Å². The van der Waals surface area contributed by atoms with Crippen LogP contribution in [-0.4, -0.2) is 71.1 Å². The van der Waals surface area contributed by atoms with Crippen LogP contribution in [0, 0.1) is 18.6 Å². The Kier molecular flexibility index (Phi) is 10.4. The summed E-state index contributed by atoms with van der Waals surface area (Å²) >= 11 is 0. The Labute approximate surface area is 278 Å². The van der Waals surface area contributed by atoms with Gasteiger partial charge in [0.2, 0.25) is 0 Å². The van der Waals surface area contributed by atoms with Gasteiger partial charge in [-0.15, -0.1) is 0 Å². The number of nitrogens with zero attached hydrogens (tertiary/aromatic N) is 3. The van der Waals surface area contributed by atoms with E-state index in [1.165, 1.54) is 22.8 Å². The zero-order valence-corrected chi connectivity index (χ0v) is 26.3. The van der Waals surface area contributed by atoms with Gasteiger partial charge in [0.1, 0.15) is 17.5 Å². The van der Waals surface area contributed by atoms with Gasteiger partial charge in [-0.25, -0.2) is 18.6 Å². The quantitative estimate of drug-likeness (QED) is 0.234. The summed E-state index contributed by atoms with van der Waals surface area (Å²) in [6.45, 7) is 3.52. The normalized spacial score (nSPS) is 10.9. The predicted octanol–water partition coefficient (Wildman–Crippen LogP) is 5.44. The maximum atomic E-state index is 14.4. The molecule has 205 valence electrons. The summed E-state index contributed by atoms with van der Waals surface area (Å²) < 4.78 is 34.8. The smallest absolute Gasteiger partial charge is 0.296 e. The van der Waals surface area contributed by atoms with Gasteiger partial charge in [-0.2, -0.15) is 0 Å². The van der Waals surface area contributed by atoms with E-state index in [1.807, 2.05) is 48.5 Å². The molecule has 3 aromatic carbocycles. The predicted molar refractivity (Wildman–Crippen MR) is 154 cm³/mol. The van der Waals surface area contributed by atoms with E-state index in [4.69, 9.17) is 4.98 Å². The van der Waals surface area contributed by atoms with Gasteiger partial charge in [-0.1, -0.05) is 73.1 Å². The molecule has 0 saturated carbocycles. The summed E-state index contributed by atoms with van der Waals surface area (Å²) in [5.41, 5.74) is 4.11. The van der Waals surface area contributed by atoms with Crippen LogP contribution in [0.25, 0.3) is 22.5 Å². The largest absolute Gasteiger partial charge is 0.439 e. The summed E-state index contributed by atoms with van der Waals surface area (Å²) in [5, 5.41) is 3.81. The Bertz CT molecular complexity index is 1760. The first kappa shape index (κ1) is 30.9. The minimum Gasteiger partial charge on any atom is -0.296 e. The van der Waals surface area contributed by atoms with Crippen molar-refractivity contribution in [2.75, 3.05) is 0 Å². The average Bonchev–Trinajstić information content (AvgIpc) is 3.39. The number of benzene rings is 3. The Morgan fingerprint density at radius 3 is 2.22 bits per heavy atom. The minimum atomic E-state index is -0.700. The van der Waals surface area contributed by atoms with Crippen LogP contribution in [0.2, 0.25) is 0 Å². The van der Waals surface area contributed by atoms with Crippen LogP contribution in [0.5, 0.6) is 0 Å². The summed E-state index contributed by atoms with van der Waals surface area (Å²) in [6.07, 6.45) is 2.76. The third kappa shape index (κ3) is 6.90. The number of halogens is 2. The van der Waals surface area contributed by atoms with Gasteiger partial charge in [-0.05, 0) is 48.6 Å². The van der Waals surface area contributed by atoms with Gasteiger partial charge >= 0.3 is 5.76 Å². The number of aryl methyl sites for hydroxylation is 2. The molecule has 0 saturated heterocycles. The topological polar surface area (TPSA) is 93.8 Å². The molecule has 0 aliphatic carbocycles. The second-order valence-electron chi connectivity index (χ2n) is 9.64. The number of rotatable bonds is 9. The van der Waals surface area contributed by atoms with Crippen LogP contribution in [0.3, 0.4) is 0 Å². The third-order valence-electron chi connectivity index (χ3n) is 6.95. The number of H-pyrrole nitrogens is 1. The van der Waals surface area contributed by atoms with Crippen molar-refractivity contribution in [3.63, 3.8) is 0 Å². The number of aromatic nitrogens is 4. The van der Waals surface area contributed by atoms with Crippen LogP contribution in [0.15, 0.2) is 80.8 Å². The van der Waals surface area contributed by atoms with Gasteiger partial charge in [0.25, 0.3) is 5.56 Å². The molecule has 5 aromatic rings. The monoisotopic (exact) mass is 581 g/mol. The third-order valence-corrected chi connectivity index (χ3v) is 6.95. The molecule has 0 amide bonds. The van der Waals surface area contributed by atoms with Gasteiger partial charge in [0, 0.05) is 74.5 Å². The fraction of sp³-hybridized carbons (Fsp3) is 0.226. The van der Waals surface area contributed by atoms with Crippen molar-refractivity contribution in [3.8, 4) is 22.5 Å². The molecule has 0 fully saturated rings. The van der Waals surface area contributed by atoms with E-state index in [2.05, 4.69) is 21.6 Å². The first-order valence-corrected chi connectivity index (χ1v) is 13.1. The molecule has 1 N–H and O–H groups in total. The van der Waals surface area contributed by atoms with Gasteiger partial charge in [0.15, 0.2) is 5.82 Å². The minimum absolute atomic E-state index is 0. The van der Waals surface area contributed by atoms with E-state index in [-0.39, 0.29) is 69.1 Å². The number of aromatic amines is 1. The van der Waals surface area contributed by atoms with E-state index in [0.29, 0.717) is 41.3 Å². The fourth-order valence-electron chi connectivity index (χ4n) is 4.81. The van der Waals surface area contributed by atoms with Crippen molar-refractivity contribution in [3.05, 3.63) is 127 Å². The van der Waals surface area contributed by atoms with Crippen LogP contribution in [-0.2, 0) is 19.4 Å². The molecular weight excluding hydrogens is 553 g/mol. The summed E-state index contributed by atoms with van der Waals surface area (Å²) in [5.74, 6) is -1.28. The van der Waals surface area contributed by atoms with Crippen molar-refractivity contribution in [2.24, 2.45) is 0 Å². The van der Waals surface area contributed by atoms with Crippen molar-refractivity contribution in [1.82, 2.24) is 19.7 Å². The standard InChI is InChI=1S/C31H28F2N4O3.K/c1-3-4-12-28-24(30(38)37(19(2)34-28)18-25-26(32)10-7-11-27(25)33)17-20-13-15-21(16-14-20)22-8-5-6-9-23(22)29-35-31(39)40-36-29;/h5-11,13-16H,3-4,12,17-18H2,1-2H3,(H,35,36,39);. The second-order valence-corrected chi connectivity index (χ2v) is 9.64. The number of nitrogens with one attached hydrogen (secondary N) is 1. The molecule has 0 spiro atoms. The van der Waals surface area contributed by atoms with Crippen LogP contribution in [0.1, 0.15) is 48.0 Å². The van der Waals surface area contributed by atoms with Crippen LogP contribution < -0.4 is 11.3 Å². The van der Waals surface area contributed by atoms with Crippen molar-refractivity contribution >= 4 is 51.4 Å². The van der Waals surface area contributed by atoms with Crippen LogP contribution in [0.4, 0.5) is 8.78 Å². The Balaban J connectivity index is 0.00000387. The summed E-state index contributed by atoms with van der Waals surface area (Å²) in [7, 11) is 0. The molecule has 0 bridgehead atoms. The van der Waals surface area contributed by atoms with Gasteiger partial charge in [-0.3, -0.25) is 18.9 Å². The Morgan fingerprint density at radius 2 is 1.59 bits per heavy atom. The van der Waals surface area contributed by atoms with Crippen molar-refractivity contribution < 1.29 is 13.3 Å². The molecular formula is C31H28F2KN4O3. The first-order valence-electron chi connectivity index (χ1n) is 13.1. The number of hydrogen-bond donors (Lipinski definition) is 1. The molecule has 10 heteroatoms. The number of unbranched alkanes of at least 4 members (excludes halogenated alkanes) is 1. The SMILES string of the molecule is CCCCc1nc(C)n(Cc2c(F)cccc2F)c(=O)c1Cc1ccc(-c2ccccc2-c2noc(=O)[nH]2)cc1.[K]. The maximum Gasteiger partial charge on any atom is 0.439 e. The molecule has 2 heterocycles. The van der Waals surface area contributed by atoms with E-state index >= 15 is 0 Å². The zero-order valence-electron chi connectivity index (χ0n) is 23.2. The molecule has 0 atom stereocenters.